The van der Waals surface area contributed by atoms with Gasteiger partial charge < -0.3 is 9.64 Å². The minimum Gasteiger partial charge on any atom is -0.467 e. The lowest BCUT2D eigenvalue weighted by Gasteiger charge is -2.42. The van der Waals surface area contributed by atoms with Crippen molar-refractivity contribution in [3.63, 3.8) is 0 Å². The van der Waals surface area contributed by atoms with Crippen molar-refractivity contribution in [1.82, 2.24) is 4.90 Å². The molecular formula is C19H17NO4S. The molecule has 25 heavy (non-hydrogen) atoms. The maximum atomic E-state index is 12.7. The zero-order valence-corrected chi connectivity index (χ0v) is 14.5. The Bertz CT molecular complexity index is 881. The molecular weight excluding hydrogens is 338 g/mol. The van der Waals surface area contributed by atoms with Crippen LogP contribution in [0.25, 0.3) is 10.8 Å². The largest absolute Gasteiger partial charge is 0.467 e. The first kappa shape index (κ1) is 16.1. The van der Waals surface area contributed by atoms with E-state index in [1.54, 1.807) is 0 Å². The lowest BCUT2D eigenvalue weighted by molar-refractivity contribution is -0.165. The highest BCUT2D eigenvalue weighted by Crippen LogP contribution is 2.44. The van der Waals surface area contributed by atoms with Gasteiger partial charge in [-0.15, -0.1) is 11.8 Å². The number of carbonyl (C=O) groups is 3. The summed E-state index contributed by atoms with van der Waals surface area (Å²) in [7, 11) is 1.31. The standard InChI is InChI=1S/C19H17NO4S/c1-24-19(23)14-10-25-18-16(17(22)20(14)18)15(21)9-11-6-7-12-4-2-3-5-13(12)8-11/h2-8,14,16,18H,9-10H2,1H3/t14-,16+,18-/m0/s1. The van der Waals surface area contributed by atoms with Gasteiger partial charge in [0.15, 0.2) is 5.78 Å². The van der Waals surface area contributed by atoms with Crippen LogP contribution < -0.4 is 0 Å². The van der Waals surface area contributed by atoms with E-state index in [4.69, 9.17) is 4.74 Å². The first-order chi connectivity index (χ1) is 12.1. The quantitative estimate of drug-likeness (QED) is 0.477. The molecule has 0 N–H and O–H groups in total. The van der Waals surface area contributed by atoms with E-state index in [9.17, 15) is 14.4 Å². The van der Waals surface area contributed by atoms with E-state index in [1.807, 2.05) is 42.5 Å². The van der Waals surface area contributed by atoms with E-state index in [1.165, 1.54) is 23.8 Å². The summed E-state index contributed by atoms with van der Waals surface area (Å²) >= 11 is 1.48. The Morgan fingerprint density at radius 1 is 1.20 bits per heavy atom. The van der Waals surface area contributed by atoms with Crippen LogP contribution in [-0.4, -0.2) is 46.8 Å². The second-order valence-electron chi connectivity index (χ2n) is 6.31. The maximum Gasteiger partial charge on any atom is 0.329 e. The fourth-order valence-corrected chi connectivity index (χ4v) is 5.09. The molecule has 2 aliphatic heterocycles. The molecule has 2 aromatic rings. The molecule has 2 aromatic carbocycles. The van der Waals surface area contributed by atoms with Crippen LogP contribution in [0, 0.1) is 5.92 Å². The van der Waals surface area contributed by atoms with Crippen LogP contribution in [0.3, 0.4) is 0 Å². The molecule has 0 aromatic heterocycles. The van der Waals surface area contributed by atoms with E-state index >= 15 is 0 Å². The van der Waals surface area contributed by atoms with E-state index in [-0.39, 0.29) is 23.5 Å². The SMILES string of the molecule is COC(=O)[C@@H]1CS[C@H]2[C@H](C(=O)Cc3ccc4ccccc4c3)C(=O)N12. The molecule has 2 fully saturated rings. The number of amides is 1. The number of ether oxygens (including phenoxy) is 1. The Balaban J connectivity index is 1.48. The summed E-state index contributed by atoms with van der Waals surface area (Å²) in [6.07, 6.45) is 0.231. The van der Waals surface area contributed by atoms with Gasteiger partial charge in [0.05, 0.1) is 12.5 Å². The molecule has 0 saturated carbocycles. The molecule has 2 saturated heterocycles. The maximum absolute atomic E-state index is 12.7. The van der Waals surface area contributed by atoms with E-state index < -0.39 is 17.9 Å². The molecule has 4 rings (SSSR count). The van der Waals surface area contributed by atoms with Crippen molar-refractivity contribution in [2.75, 3.05) is 12.9 Å². The predicted octanol–water partition coefficient (Wildman–Crippen LogP) is 2.02. The zero-order valence-electron chi connectivity index (χ0n) is 13.7. The highest BCUT2D eigenvalue weighted by molar-refractivity contribution is 8.00. The Labute approximate surface area is 149 Å². The molecule has 0 radical (unpaired) electrons. The fraction of sp³-hybridized carbons (Fsp3) is 0.316. The van der Waals surface area contributed by atoms with Crippen LogP contribution in [0.4, 0.5) is 0 Å². The number of hydrogen-bond donors (Lipinski definition) is 0. The minimum absolute atomic E-state index is 0.0838. The van der Waals surface area contributed by atoms with Crippen molar-refractivity contribution in [3.05, 3.63) is 48.0 Å². The fourth-order valence-electron chi connectivity index (χ4n) is 3.54. The third kappa shape index (κ3) is 2.61. The average molecular weight is 355 g/mol. The first-order valence-electron chi connectivity index (χ1n) is 8.12. The van der Waals surface area contributed by atoms with Gasteiger partial charge in [-0.25, -0.2) is 4.79 Å². The number of fused-ring (bicyclic) bond motifs is 2. The number of esters is 1. The lowest BCUT2D eigenvalue weighted by Crippen LogP contribution is -2.63. The first-order valence-corrected chi connectivity index (χ1v) is 9.17. The summed E-state index contributed by atoms with van der Waals surface area (Å²) in [4.78, 5) is 38.3. The van der Waals surface area contributed by atoms with Gasteiger partial charge >= 0.3 is 5.97 Å². The van der Waals surface area contributed by atoms with Crippen molar-refractivity contribution in [3.8, 4) is 0 Å². The molecule has 1 amide bonds. The molecule has 2 aliphatic rings. The number of hydrogen-bond acceptors (Lipinski definition) is 5. The minimum atomic E-state index is -0.647. The number of benzene rings is 2. The molecule has 0 unspecified atom stereocenters. The smallest absolute Gasteiger partial charge is 0.329 e. The Kier molecular flexibility index (Phi) is 4.00. The molecule has 0 aliphatic carbocycles. The number of carbonyl (C=O) groups excluding carboxylic acids is 3. The van der Waals surface area contributed by atoms with E-state index in [0.29, 0.717) is 5.75 Å². The highest BCUT2D eigenvalue weighted by Gasteiger charge is 2.59. The number of nitrogens with zero attached hydrogens (tertiary/aromatic N) is 1. The number of thioether (sulfide) groups is 1. The van der Waals surface area contributed by atoms with Crippen molar-refractivity contribution >= 4 is 40.2 Å². The predicted molar refractivity (Wildman–Crippen MR) is 95.0 cm³/mol. The number of ketones is 1. The van der Waals surface area contributed by atoms with Crippen molar-refractivity contribution in [2.24, 2.45) is 5.92 Å². The summed E-state index contributed by atoms with van der Waals surface area (Å²) < 4.78 is 4.74. The molecule has 2 heterocycles. The summed E-state index contributed by atoms with van der Waals surface area (Å²) in [5.41, 5.74) is 0.905. The van der Waals surface area contributed by atoms with Gasteiger partial charge in [-0.1, -0.05) is 42.5 Å². The van der Waals surface area contributed by atoms with Crippen LogP contribution in [0.15, 0.2) is 42.5 Å². The van der Waals surface area contributed by atoms with Gasteiger partial charge in [0, 0.05) is 12.2 Å². The molecule has 0 spiro atoms. The number of Topliss-reactive ketones (excluding diaryl/α,β-unsaturated/α-hetero) is 1. The van der Waals surface area contributed by atoms with E-state index in [2.05, 4.69) is 0 Å². The number of methoxy groups -OCH3 is 1. The average Bonchev–Trinajstić information content (AvgIpc) is 3.00. The molecule has 128 valence electrons. The number of β-lactam (4-membered cyclic amide) rings is 1. The van der Waals surface area contributed by atoms with Crippen LogP contribution in [0.5, 0.6) is 0 Å². The van der Waals surface area contributed by atoms with Gasteiger partial charge in [-0.3, -0.25) is 9.59 Å². The van der Waals surface area contributed by atoms with Crippen LogP contribution in [-0.2, 0) is 25.5 Å². The molecule has 0 bridgehead atoms. The van der Waals surface area contributed by atoms with Gasteiger partial charge in [0.25, 0.3) is 0 Å². The Hall–Kier alpha value is -2.34. The van der Waals surface area contributed by atoms with Crippen LogP contribution >= 0.6 is 11.8 Å². The lowest BCUT2D eigenvalue weighted by atomic mass is 9.88. The molecule has 6 heteroatoms. The van der Waals surface area contributed by atoms with Crippen molar-refractivity contribution in [2.45, 2.75) is 17.8 Å². The third-order valence-corrected chi connectivity index (χ3v) is 6.20. The topological polar surface area (TPSA) is 63.7 Å². The Morgan fingerprint density at radius 2 is 1.96 bits per heavy atom. The summed E-state index contributed by atoms with van der Waals surface area (Å²) in [5, 5.41) is 1.97. The normalized spacial score (nSPS) is 24.8. The van der Waals surface area contributed by atoms with Crippen molar-refractivity contribution < 1.29 is 19.1 Å². The Morgan fingerprint density at radius 3 is 2.72 bits per heavy atom. The summed E-state index contributed by atoms with van der Waals surface area (Å²) in [6.45, 7) is 0. The highest BCUT2D eigenvalue weighted by atomic mass is 32.2. The van der Waals surface area contributed by atoms with E-state index in [0.717, 1.165) is 16.3 Å². The van der Waals surface area contributed by atoms with Crippen LogP contribution in [0.1, 0.15) is 5.56 Å². The number of rotatable bonds is 4. The molecule has 5 nitrogen and oxygen atoms in total. The second kappa shape index (κ2) is 6.19. The van der Waals surface area contributed by atoms with Gasteiger partial charge in [-0.2, -0.15) is 0 Å². The second-order valence-corrected chi connectivity index (χ2v) is 7.46. The van der Waals surface area contributed by atoms with Crippen molar-refractivity contribution in [1.29, 1.82) is 0 Å². The third-order valence-electron chi connectivity index (χ3n) is 4.85. The monoisotopic (exact) mass is 355 g/mol. The molecule has 3 atom stereocenters. The summed E-state index contributed by atoms with van der Waals surface area (Å²) in [5.74, 6) is -0.909. The van der Waals surface area contributed by atoms with Gasteiger partial charge in [-0.05, 0) is 16.3 Å². The van der Waals surface area contributed by atoms with Gasteiger partial charge in [0.2, 0.25) is 5.91 Å². The van der Waals surface area contributed by atoms with Crippen LogP contribution in [0.2, 0.25) is 0 Å². The van der Waals surface area contributed by atoms with Gasteiger partial charge in [0.1, 0.15) is 12.0 Å². The summed E-state index contributed by atoms with van der Waals surface area (Å²) in [6, 6.07) is 13.3. The zero-order chi connectivity index (χ0) is 17.6.